The predicted molar refractivity (Wildman–Crippen MR) is 44.5 cm³/mol. The summed E-state index contributed by atoms with van der Waals surface area (Å²) in [6, 6.07) is 0. The van der Waals surface area contributed by atoms with Crippen LogP contribution in [0.3, 0.4) is 0 Å². The van der Waals surface area contributed by atoms with Crippen molar-refractivity contribution in [1.82, 2.24) is 0 Å². The first-order valence-electron chi connectivity index (χ1n) is 3.05. The molecule has 52 valence electrons. The fraction of sp³-hybridized carbons (Fsp3) is 0. The third-order valence-corrected chi connectivity index (χ3v) is 3.04. The molecule has 1 aliphatic heterocycles. The molecule has 1 aliphatic rings. The molecule has 1 rings (SSSR count). The summed E-state index contributed by atoms with van der Waals surface area (Å²) < 4.78 is 9.24. The maximum absolute atomic E-state index is 9.24. The summed E-state index contributed by atoms with van der Waals surface area (Å²) in [6.07, 6.45) is 11.5. The topological polar surface area (TPSA) is 20.2 Å². The van der Waals surface area contributed by atoms with Crippen LogP contribution in [0.25, 0.3) is 0 Å². The van der Waals surface area contributed by atoms with Gasteiger partial charge in [-0.2, -0.15) is 0 Å². The van der Waals surface area contributed by atoms with Gasteiger partial charge >= 0.3 is 65.3 Å². The molecule has 10 heavy (non-hydrogen) atoms. The van der Waals surface area contributed by atoms with Crippen molar-refractivity contribution in [2.75, 3.05) is 0 Å². The predicted octanol–water partition coefficient (Wildman–Crippen LogP) is 1.29. The zero-order valence-electron chi connectivity index (χ0n) is 5.51. The Kier molecular flexibility index (Phi) is 3.28. The van der Waals surface area contributed by atoms with Crippen LogP contribution in [0.5, 0.6) is 0 Å². The van der Waals surface area contributed by atoms with E-state index in [1.807, 2.05) is 46.2 Å². The molecule has 0 saturated heterocycles. The normalized spacial score (nSPS) is 31.3. The second-order valence-corrected chi connectivity index (χ2v) is 4.68. The van der Waals surface area contributed by atoms with Crippen molar-refractivity contribution >= 4 is 15.0 Å². The van der Waals surface area contributed by atoms with Gasteiger partial charge in [0, 0.05) is 0 Å². The molecule has 1 nitrogen and oxygen atoms in total. The molecular weight excluding hydrogens is 187 g/mol. The molecule has 0 aromatic heterocycles. The molecule has 0 amide bonds. The first-order chi connectivity index (χ1) is 4.89. The van der Waals surface area contributed by atoms with Crippen LogP contribution in [0, 0.1) is 0 Å². The van der Waals surface area contributed by atoms with Crippen molar-refractivity contribution in [3.05, 3.63) is 46.2 Å². The molecule has 0 fully saturated rings. The zero-order valence-corrected chi connectivity index (χ0v) is 7.39. The van der Waals surface area contributed by atoms with Crippen LogP contribution in [0.15, 0.2) is 46.2 Å². The molecule has 0 radical (unpaired) electrons. The monoisotopic (exact) mass is 196 g/mol. The number of hydrogen-bond acceptors (Lipinski definition) is 1. The molecule has 1 heterocycles. The van der Waals surface area contributed by atoms with Crippen LogP contribution in [0.1, 0.15) is 0 Å². The maximum atomic E-state index is 9.24. The van der Waals surface area contributed by atoms with Crippen LogP contribution in [-0.4, -0.2) is 19.1 Å². The summed E-state index contributed by atoms with van der Waals surface area (Å²) in [7, 11) is 0. The van der Waals surface area contributed by atoms with E-state index in [1.165, 1.54) is 0 Å². The average Bonchev–Trinajstić information content (AvgIpc) is 2.02. The van der Waals surface area contributed by atoms with Gasteiger partial charge in [-0.1, -0.05) is 0 Å². The molecular formula is C8H9AsO. The van der Waals surface area contributed by atoms with E-state index < -0.39 is 15.0 Å². The van der Waals surface area contributed by atoms with Gasteiger partial charge in [0.1, 0.15) is 0 Å². The molecule has 0 aromatic rings. The van der Waals surface area contributed by atoms with E-state index in [2.05, 4.69) is 0 Å². The van der Waals surface area contributed by atoms with Crippen LogP contribution in [0.2, 0.25) is 0 Å². The Balaban J connectivity index is 2.70. The number of allylic oxidation sites excluding steroid dienone is 6. The molecule has 2 heteroatoms. The van der Waals surface area contributed by atoms with Crippen LogP contribution >= 0.6 is 0 Å². The minimum absolute atomic E-state index is 1.72. The van der Waals surface area contributed by atoms with E-state index in [0.717, 1.165) is 0 Å². The van der Waals surface area contributed by atoms with E-state index in [-0.39, 0.29) is 0 Å². The van der Waals surface area contributed by atoms with Gasteiger partial charge in [0.15, 0.2) is 0 Å². The average molecular weight is 196 g/mol. The Morgan fingerprint density at radius 3 is 1.60 bits per heavy atom. The summed E-state index contributed by atoms with van der Waals surface area (Å²) in [4.78, 5) is 3.74. The minimum atomic E-state index is -1.72. The number of hydrogen-bond donors (Lipinski definition) is 1. The van der Waals surface area contributed by atoms with Gasteiger partial charge in [-0.3, -0.25) is 0 Å². The molecule has 0 bridgehead atoms. The Bertz CT molecular complexity index is 179. The molecule has 1 N–H and O–H groups in total. The van der Waals surface area contributed by atoms with Gasteiger partial charge in [-0.25, -0.2) is 0 Å². The first kappa shape index (κ1) is 7.58. The van der Waals surface area contributed by atoms with Gasteiger partial charge in [0.05, 0.1) is 0 Å². The SMILES string of the molecule is O[As]1\C=C/C=C\C=C/C=C\1. The van der Waals surface area contributed by atoms with E-state index >= 15 is 0 Å². The Morgan fingerprint density at radius 2 is 1.10 bits per heavy atom. The van der Waals surface area contributed by atoms with Gasteiger partial charge in [-0.15, -0.1) is 0 Å². The van der Waals surface area contributed by atoms with E-state index in [4.69, 9.17) is 0 Å². The van der Waals surface area contributed by atoms with Crippen molar-refractivity contribution < 1.29 is 4.10 Å². The van der Waals surface area contributed by atoms with Crippen molar-refractivity contribution in [3.8, 4) is 0 Å². The van der Waals surface area contributed by atoms with E-state index in [1.54, 1.807) is 0 Å². The van der Waals surface area contributed by atoms with Gasteiger partial charge in [0.25, 0.3) is 0 Å². The molecule has 0 unspecified atom stereocenters. The van der Waals surface area contributed by atoms with Crippen molar-refractivity contribution in [1.29, 1.82) is 0 Å². The molecule has 0 aliphatic carbocycles. The van der Waals surface area contributed by atoms with Crippen LogP contribution < -0.4 is 0 Å². The Morgan fingerprint density at radius 1 is 0.700 bits per heavy atom. The van der Waals surface area contributed by atoms with Gasteiger partial charge in [-0.05, 0) is 0 Å². The van der Waals surface area contributed by atoms with Crippen molar-refractivity contribution in [3.63, 3.8) is 0 Å². The Labute approximate surface area is 65.7 Å². The summed E-state index contributed by atoms with van der Waals surface area (Å²) >= 11 is -1.72. The summed E-state index contributed by atoms with van der Waals surface area (Å²) in [5, 5.41) is 0. The van der Waals surface area contributed by atoms with E-state index in [9.17, 15) is 4.10 Å². The zero-order chi connectivity index (χ0) is 7.23. The van der Waals surface area contributed by atoms with Gasteiger partial charge < -0.3 is 0 Å². The molecule has 0 spiro atoms. The number of rotatable bonds is 0. The third-order valence-electron chi connectivity index (χ3n) is 1.03. The fourth-order valence-electron chi connectivity index (χ4n) is 0.582. The molecule has 0 atom stereocenters. The summed E-state index contributed by atoms with van der Waals surface area (Å²) in [5.74, 6) is 0. The standard InChI is InChI=1S/C8H9AsO/c10-9-7-5-3-1-2-4-6-8-9/h1-8,10H/b3-1-,4-2-,7-5-,8-6-. The van der Waals surface area contributed by atoms with Crippen molar-refractivity contribution in [2.45, 2.75) is 0 Å². The second-order valence-electron chi connectivity index (χ2n) is 1.83. The molecule has 0 saturated carbocycles. The van der Waals surface area contributed by atoms with Crippen LogP contribution in [0.4, 0.5) is 0 Å². The Hall–Kier alpha value is -0.522. The van der Waals surface area contributed by atoms with Gasteiger partial charge in [0.2, 0.25) is 0 Å². The van der Waals surface area contributed by atoms with Crippen LogP contribution in [-0.2, 0) is 0 Å². The fourth-order valence-corrected chi connectivity index (χ4v) is 1.95. The van der Waals surface area contributed by atoms with Crippen molar-refractivity contribution in [2.24, 2.45) is 0 Å². The third kappa shape index (κ3) is 2.86. The summed E-state index contributed by atoms with van der Waals surface area (Å²) in [6.45, 7) is 0. The second kappa shape index (κ2) is 4.32. The quantitative estimate of drug-likeness (QED) is 0.578. The first-order valence-corrected chi connectivity index (χ1v) is 6.06. The summed E-state index contributed by atoms with van der Waals surface area (Å²) in [5.41, 5.74) is 0. The van der Waals surface area contributed by atoms with E-state index in [0.29, 0.717) is 0 Å². The molecule has 0 aromatic carbocycles.